The van der Waals surface area contributed by atoms with E-state index >= 15 is 0 Å². The number of anilines is 2. The van der Waals surface area contributed by atoms with Crippen molar-refractivity contribution in [2.45, 2.75) is 6.54 Å². The second-order valence-corrected chi connectivity index (χ2v) is 7.88. The number of aryl methyl sites for hydroxylation is 1. The van der Waals surface area contributed by atoms with Gasteiger partial charge in [-0.1, -0.05) is 0 Å². The Morgan fingerprint density at radius 3 is 2.68 bits per heavy atom. The molecule has 3 N–H and O–H groups in total. The van der Waals surface area contributed by atoms with E-state index < -0.39 is 5.91 Å². The lowest BCUT2D eigenvalue weighted by atomic mass is 10.3. The van der Waals surface area contributed by atoms with Crippen LogP contribution in [0.2, 0.25) is 0 Å². The molecule has 1 fully saturated rings. The van der Waals surface area contributed by atoms with Crippen LogP contribution in [0.15, 0.2) is 30.7 Å². The SMILES string of the molecule is CN(Cc1nc2c(N3CCOCC3)nc(-c3ccc[nH]3)nc2n1C)c1ncc(C(=O)NO)cn1. The molecular formula is C21H24N10O3. The molecule has 0 atom stereocenters. The Kier molecular flexibility index (Phi) is 5.77. The number of rotatable bonds is 6. The number of aromatic nitrogens is 7. The predicted octanol–water partition coefficient (Wildman–Crippen LogP) is 0.740. The smallest absolute Gasteiger partial charge is 0.277 e. The largest absolute Gasteiger partial charge is 0.378 e. The fraction of sp³-hybridized carbons (Fsp3) is 0.333. The molecule has 5 rings (SSSR count). The van der Waals surface area contributed by atoms with E-state index in [-0.39, 0.29) is 5.56 Å². The second-order valence-electron chi connectivity index (χ2n) is 7.88. The van der Waals surface area contributed by atoms with Crippen molar-refractivity contribution in [3.8, 4) is 11.5 Å². The first-order valence-electron chi connectivity index (χ1n) is 10.7. The topological polar surface area (TPSA) is 150 Å². The quantitative estimate of drug-likeness (QED) is 0.275. The second kappa shape index (κ2) is 9.03. The normalized spacial score (nSPS) is 13.9. The van der Waals surface area contributed by atoms with E-state index in [0.717, 1.165) is 41.6 Å². The third-order valence-electron chi connectivity index (χ3n) is 5.66. The first kappa shape index (κ1) is 21.7. The molecule has 5 heterocycles. The van der Waals surface area contributed by atoms with Gasteiger partial charge < -0.3 is 24.1 Å². The number of aromatic amines is 1. The summed E-state index contributed by atoms with van der Waals surface area (Å²) in [5, 5.41) is 8.76. The van der Waals surface area contributed by atoms with Gasteiger partial charge in [-0.15, -0.1) is 0 Å². The summed E-state index contributed by atoms with van der Waals surface area (Å²) in [6.07, 6.45) is 4.55. The number of H-pyrrole nitrogens is 1. The summed E-state index contributed by atoms with van der Waals surface area (Å²) in [6, 6.07) is 3.85. The lowest BCUT2D eigenvalue weighted by Gasteiger charge is -2.28. The van der Waals surface area contributed by atoms with E-state index in [1.54, 1.807) is 5.48 Å². The number of hydroxylamine groups is 1. The predicted molar refractivity (Wildman–Crippen MR) is 123 cm³/mol. The van der Waals surface area contributed by atoms with Crippen LogP contribution in [0.3, 0.4) is 0 Å². The van der Waals surface area contributed by atoms with E-state index in [4.69, 9.17) is 24.9 Å². The summed E-state index contributed by atoms with van der Waals surface area (Å²) in [6.45, 7) is 3.12. The number of imidazole rings is 1. The molecule has 4 aromatic rings. The molecule has 34 heavy (non-hydrogen) atoms. The van der Waals surface area contributed by atoms with Gasteiger partial charge in [-0.3, -0.25) is 10.0 Å². The highest BCUT2D eigenvalue weighted by molar-refractivity contribution is 5.92. The van der Waals surface area contributed by atoms with Crippen molar-refractivity contribution in [3.05, 3.63) is 42.1 Å². The average molecular weight is 464 g/mol. The standard InChI is InChI=1S/C21H24N10O3/c1-29(21-23-10-13(11-24-21)20(32)28-33)12-15-25-16-18(30(15)2)26-17(14-4-3-5-22-14)27-19(16)31-6-8-34-9-7-31/h3-5,10-11,22,33H,6-9,12H2,1-2H3,(H,28,32). The number of amides is 1. The summed E-state index contributed by atoms with van der Waals surface area (Å²) < 4.78 is 7.46. The minimum atomic E-state index is -0.670. The van der Waals surface area contributed by atoms with Crippen molar-refractivity contribution < 1.29 is 14.7 Å². The molecule has 1 amide bonds. The number of fused-ring (bicyclic) bond motifs is 1. The third-order valence-corrected chi connectivity index (χ3v) is 5.66. The fourth-order valence-corrected chi connectivity index (χ4v) is 3.80. The van der Waals surface area contributed by atoms with Gasteiger partial charge in [0.2, 0.25) is 5.95 Å². The number of hydrogen-bond donors (Lipinski definition) is 3. The summed E-state index contributed by atoms with van der Waals surface area (Å²) >= 11 is 0. The van der Waals surface area contributed by atoms with Crippen LogP contribution < -0.4 is 15.3 Å². The minimum Gasteiger partial charge on any atom is -0.378 e. The van der Waals surface area contributed by atoms with Crippen LogP contribution in [0.5, 0.6) is 0 Å². The van der Waals surface area contributed by atoms with Crippen molar-refractivity contribution in [2.24, 2.45) is 7.05 Å². The maximum absolute atomic E-state index is 11.5. The van der Waals surface area contributed by atoms with Gasteiger partial charge in [0.15, 0.2) is 22.8 Å². The Morgan fingerprint density at radius 1 is 1.24 bits per heavy atom. The maximum Gasteiger partial charge on any atom is 0.277 e. The Balaban J connectivity index is 1.50. The van der Waals surface area contributed by atoms with Crippen LogP contribution >= 0.6 is 0 Å². The third kappa shape index (κ3) is 4.02. The highest BCUT2D eigenvalue weighted by atomic mass is 16.5. The van der Waals surface area contributed by atoms with Gasteiger partial charge in [0.1, 0.15) is 5.82 Å². The molecule has 0 aromatic carbocycles. The number of carbonyl (C=O) groups excluding carboxylic acids is 1. The summed E-state index contributed by atoms with van der Waals surface area (Å²) in [5.74, 6) is 1.87. The lowest BCUT2D eigenvalue weighted by molar-refractivity contribution is 0.0705. The fourth-order valence-electron chi connectivity index (χ4n) is 3.80. The number of hydrogen-bond acceptors (Lipinski definition) is 10. The van der Waals surface area contributed by atoms with Gasteiger partial charge in [0.05, 0.1) is 31.0 Å². The molecule has 176 valence electrons. The van der Waals surface area contributed by atoms with E-state index in [0.29, 0.717) is 31.5 Å². The zero-order chi connectivity index (χ0) is 23.7. The van der Waals surface area contributed by atoms with E-state index in [9.17, 15) is 4.79 Å². The van der Waals surface area contributed by atoms with Crippen LogP contribution in [0.1, 0.15) is 16.2 Å². The molecule has 0 spiro atoms. The highest BCUT2D eigenvalue weighted by Gasteiger charge is 2.23. The summed E-state index contributed by atoms with van der Waals surface area (Å²) in [7, 11) is 3.75. The van der Waals surface area contributed by atoms with Crippen molar-refractivity contribution in [3.63, 3.8) is 0 Å². The van der Waals surface area contributed by atoms with Gasteiger partial charge in [-0.05, 0) is 12.1 Å². The van der Waals surface area contributed by atoms with E-state index in [2.05, 4.69) is 19.9 Å². The number of ether oxygens (including phenoxy) is 1. The van der Waals surface area contributed by atoms with Gasteiger partial charge in [-0.2, -0.15) is 0 Å². The minimum absolute atomic E-state index is 0.157. The molecule has 4 aromatic heterocycles. The van der Waals surface area contributed by atoms with Gasteiger partial charge in [-0.25, -0.2) is 30.4 Å². The molecule has 0 saturated carbocycles. The zero-order valence-electron chi connectivity index (χ0n) is 18.8. The Labute approximate surface area is 194 Å². The summed E-state index contributed by atoms with van der Waals surface area (Å²) in [5.41, 5.74) is 4.00. The maximum atomic E-state index is 11.5. The van der Waals surface area contributed by atoms with Crippen molar-refractivity contribution in [2.75, 3.05) is 43.2 Å². The molecular weight excluding hydrogens is 440 g/mol. The Morgan fingerprint density at radius 2 is 2.00 bits per heavy atom. The lowest BCUT2D eigenvalue weighted by Crippen LogP contribution is -2.37. The number of morpholine rings is 1. The van der Waals surface area contributed by atoms with Crippen molar-refractivity contribution in [1.82, 2.24) is 40.0 Å². The number of carbonyl (C=O) groups is 1. The Hall–Kier alpha value is -4.10. The van der Waals surface area contributed by atoms with Crippen LogP contribution in [-0.4, -0.2) is 78.9 Å². The molecule has 0 radical (unpaired) electrons. The molecule has 1 saturated heterocycles. The molecule has 0 bridgehead atoms. The molecule has 0 unspecified atom stereocenters. The molecule has 1 aliphatic rings. The van der Waals surface area contributed by atoms with Gasteiger partial charge in [0, 0.05) is 45.8 Å². The Bertz CT molecular complexity index is 1300. The number of nitrogens with one attached hydrogen (secondary N) is 2. The van der Waals surface area contributed by atoms with Crippen molar-refractivity contribution >= 4 is 28.8 Å². The van der Waals surface area contributed by atoms with E-state index in [1.807, 2.05) is 41.9 Å². The van der Waals surface area contributed by atoms with Crippen LogP contribution in [0.25, 0.3) is 22.7 Å². The first-order valence-corrected chi connectivity index (χ1v) is 10.7. The van der Waals surface area contributed by atoms with Gasteiger partial charge in [0.25, 0.3) is 5.91 Å². The molecule has 0 aliphatic carbocycles. The zero-order valence-corrected chi connectivity index (χ0v) is 18.8. The first-order chi connectivity index (χ1) is 16.5. The van der Waals surface area contributed by atoms with Crippen LogP contribution in [0.4, 0.5) is 11.8 Å². The average Bonchev–Trinajstić information content (AvgIpc) is 3.52. The van der Waals surface area contributed by atoms with Gasteiger partial charge >= 0.3 is 0 Å². The van der Waals surface area contributed by atoms with Crippen LogP contribution in [0, 0.1) is 0 Å². The highest BCUT2D eigenvalue weighted by Crippen LogP contribution is 2.28. The summed E-state index contributed by atoms with van der Waals surface area (Å²) in [4.78, 5) is 41.6. The molecule has 13 nitrogen and oxygen atoms in total. The number of nitrogens with zero attached hydrogens (tertiary/aromatic N) is 8. The van der Waals surface area contributed by atoms with Crippen molar-refractivity contribution in [1.29, 1.82) is 0 Å². The molecule has 13 heteroatoms. The van der Waals surface area contributed by atoms with Crippen LogP contribution in [-0.2, 0) is 18.3 Å². The molecule has 1 aliphatic heterocycles. The van der Waals surface area contributed by atoms with E-state index in [1.165, 1.54) is 12.4 Å². The monoisotopic (exact) mass is 464 g/mol.